The Morgan fingerprint density at radius 3 is 2.46 bits per heavy atom. The fraction of sp³-hybridized carbons (Fsp3) is 0.421. The van der Waals surface area contributed by atoms with Crippen LogP contribution in [0.2, 0.25) is 0 Å². The number of hydrogen-bond acceptors (Lipinski definition) is 5. The molecule has 0 aliphatic carbocycles. The highest BCUT2D eigenvalue weighted by Gasteiger charge is 2.51. The van der Waals surface area contributed by atoms with Crippen LogP contribution in [0.25, 0.3) is 11.5 Å². The van der Waals surface area contributed by atoms with Crippen LogP contribution in [0.5, 0.6) is 0 Å². The predicted octanol–water partition coefficient (Wildman–Crippen LogP) is 2.55. The fourth-order valence-corrected chi connectivity index (χ4v) is 4.23. The Labute approximate surface area is 141 Å². The van der Waals surface area contributed by atoms with Gasteiger partial charge in [0.1, 0.15) is 11.5 Å². The maximum Gasteiger partial charge on any atom is 0.180 e. The van der Waals surface area contributed by atoms with Crippen LogP contribution in [-0.2, 0) is 4.74 Å². The molecule has 2 aromatic rings. The van der Waals surface area contributed by atoms with Gasteiger partial charge in [0, 0.05) is 42.4 Å². The molecule has 122 valence electrons. The topological polar surface area (TPSA) is 51.1 Å². The lowest BCUT2D eigenvalue weighted by Gasteiger charge is -2.23. The molecule has 5 heteroatoms. The van der Waals surface area contributed by atoms with Gasteiger partial charge >= 0.3 is 0 Å². The van der Waals surface area contributed by atoms with Gasteiger partial charge in [-0.05, 0) is 26.0 Å². The Balaban J connectivity index is 1.51. The molecule has 4 atom stereocenters. The van der Waals surface area contributed by atoms with Crippen LogP contribution in [-0.4, -0.2) is 40.2 Å². The van der Waals surface area contributed by atoms with Crippen LogP contribution in [0, 0.1) is 25.7 Å². The zero-order valence-electron chi connectivity index (χ0n) is 13.9. The normalized spacial score (nSPS) is 30.2. The zero-order valence-corrected chi connectivity index (χ0v) is 13.9. The largest absolute Gasteiger partial charge is 0.366 e. The second kappa shape index (κ2) is 5.11. The number of aromatic nitrogens is 3. The summed E-state index contributed by atoms with van der Waals surface area (Å²) in [6.07, 6.45) is 6.83. The van der Waals surface area contributed by atoms with Gasteiger partial charge in [-0.2, -0.15) is 0 Å². The molecule has 3 aliphatic heterocycles. The standard InChI is InChI=1S/C19H20N4O/c1-11-12(2)21-18(15-5-3-4-8-20-15)22-19(11)23-9-13-14(10-23)17-7-6-16(13)24-17/h3-8,13-14,16-17H,9-10H2,1-2H3. The number of pyridine rings is 1. The summed E-state index contributed by atoms with van der Waals surface area (Å²) in [5.41, 5.74) is 3.01. The smallest absolute Gasteiger partial charge is 0.180 e. The highest BCUT2D eigenvalue weighted by molar-refractivity contribution is 5.58. The first kappa shape index (κ1) is 14.1. The molecule has 0 amide bonds. The summed E-state index contributed by atoms with van der Waals surface area (Å²) in [4.78, 5) is 16.3. The Bertz CT molecular complexity index is 800. The minimum atomic E-state index is 0.295. The lowest BCUT2D eigenvalue weighted by Crippen LogP contribution is -2.27. The van der Waals surface area contributed by atoms with E-state index in [2.05, 4.69) is 40.9 Å². The van der Waals surface area contributed by atoms with Gasteiger partial charge in [-0.3, -0.25) is 4.98 Å². The van der Waals surface area contributed by atoms with Crippen molar-refractivity contribution in [2.45, 2.75) is 26.1 Å². The van der Waals surface area contributed by atoms with Crippen molar-refractivity contribution in [3.05, 3.63) is 47.8 Å². The van der Waals surface area contributed by atoms with Gasteiger partial charge in [-0.1, -0.05) is 18.2 Å². The van der Waals surface area contributed by atoms with Crippen molar-refractivity contribution in [2.75, 3.05) is 18.0 Å². The van der Waals surface area contributed by atoms with Crippen molar-refractivity contribution in [1.82, 2.24) is 15.0 Å². The van der Waals surface area contributed by atoms with E-state index in [4.69, 9.17) is 9.72 Å². The predicted molar refractivity (Wildman–Crippen MR) is 91.7 cm³/mol. The molecule has 5 heterocycles. The van der Waals surface area contributed by atoms with Gasteiger partial charge in [-0.15, -0.1) is 0 Å². The number of nitrogens with zero attached hydrogens (tertiary/aromatic N) is 4. The molecular formula is C19H20N4O. The van der Waals surface area contributed by atoms with Crippen LogP contribution in [0.3, 0.4) is 0 Å². The Hall–Kier alpha value is -2.27. The van der Waals surface area contributed by atoms with Crippen molar-refractivity contribution in [3.63, 3.8) is 0 Å². The van der Waals surface area contributed by atoms with E-state index in [1.165, 1.54) is 0 Å². The molecule has 0 aromatic carbocycles. The second-order valence-electron chi connectivity index (χ2n) is 6.98. The number of aryl methyl sites for hydroxylation is 1. The Morgan fingerprint density at radius 2 is 1.79 bits per heavy atom. The molecule has 24 heavy (non-hydrogen) atoms. The first-order valence-electron chi connectivity index (χ1n) is 8.56. The van der Waals surface area contributed by atoms with Crippen molar-refractivity contribution in [2.24, 2.45) is 11.8 Å². The van der Waals surface area contributed by atoms with E-state index in [0.717, 1.165) is 35.9 Å². The summed E-state index contributed by atoms with van der Waals surface area (Å²) >= 11 is 0. The first-order chi connectivity index (χ1) is 11.7. The highest BCUT2D eigenvalue weighted by atomic mass is 16.5. The van der Waals surface area contributed by atoms with Crippen LogP contribution in [0.4, 0.5) is 5.82 Å². The molecule has 0 spiro atoms. The molecule has 0 radical (unpaired) electrons. The van der Waals surface area contributed by atoms with Crippen molar-refractivity contribution in [1.29, 1.82) is 0 Å². The molecule has 0 N–H and O–H groups in total. The second-order valence-corrected chi connectivity index (χ2v) is 6.98. The monoisotopic (exact) mass is 320 g/mol. The van der Waals surface area contributed by atoms with Gasteiger partial charge in [0.25, 0.3) is 0 Å². The molecule has 2 aromatic heterocycles. The lowest BCUT2D eigenvalue weighted by atomic mass is 9.86. The summed E-state index contributed by atoms with van der Waals surface area (Å²) in [5.74, 6) is 2.95. The van der Waals surface area contributed by atoms with Crippen LogP contribution >= 0.6 is 0 Å². The molecule has 4 unspecified atom stereocenters. The Kier molecular flexibility index (Phi) is 3.00. The molecule has 2 bridgehead atoms. The molecule has 3 aliphatic rings. The van der Waals surface area contributed by atoms with Gasteiger partial charge < -0.3 is 9.64 Å². The summed E-state index contributed by atoms with van der Waals surface area (Å²) < 4.78 is 5.99. The van der Waals surface area contributed by atoms with Crippen LogP contribution < -0.4 is 4.90 Å². The average Bonchev–Trinajstić information content (AvgIpc) is 3.30. The fourth-order valence-electron chi connectivity index (χ4n) is 4.23. The molecule has 0 saturated carbocycles. The van der Waals surface area contributed by atoms with Gasteiger partial charge in [-0.25, -0.2) is 9.97 Å². The molecule has 2 saturated heterocycles. The van der Waals surface area contributed by atoms with Crippen molar-refractivity contribution in [3.8, 4) is 11.5 Å². The third-order valence-electron chi connectivity index (χ3n) is 5.62. The molecule has 5 nitrogen and oxygen atoms in total. The third-order valence-corrected chi connectivity index (χ3v) is 5.62. The summed E-state index contributed by atoms with van der Waals surface area (Å²) in [5, 5.41) is 0. The zero-order chi connectivity index (χ0) is 16.3. The minimum Gasteiger partial charge on any atom is -0.366 e. The van der Waals surface area contributed by atoms with Crippen molar-refractivity contribution < 1.29 is 4.74 Å². The van der Waals surface area contributed by atoms with E-state index < -0.39 is 0 Å². The third kappa shape index (κ3) is 2.01. The summed E-state index contributed by atoms with van der Waals surface area (Å²) in [7, 11) is 0. The van der Waals surface area contributed by atoms with Crippen molar-refractivity contribution >= 4 is 5.82 Å². The molecular weight excluding hydrogens is 300 g/mol. The summed E-state index contributed by atoms with van der Waals surface area (Å²) in [6, 6.07) is 5.85. The average molecular weight is 320 g/mol. The van der Waals surface area contributed by atoms with E-state index in [1.807, 2.05) is 18.2 Å². The van der Waals surface area contributed by atoms with Gasteiger partial charge in [0.15, 0.2) is 5.82 Å². The van der Waals surface area contributed by atoms with Crippen LogP contribution in [0.15, 0.2) is 36.5 Å². The van der Waals surface area contributed by atoms with Gasteiger partial charge in [0.05, 0.1) is 12.2 Å². The number of ether oxygens (including phenoxy) is 1. The number of hydrogen-bond donors (Lipinski definition) is 0. The Morgan fingerprint density at radius 1 is 1.04 bits per heavy atom. The van der Waals surface area contributed by atoms with E-state index in [0.29, 0.717) is 29.9 Å². The maximum atomic E-state index is 5.99. The van der Waals surface area contributed by atoms with Gasteiger partial charge in [0.2, 0.25) is 0 Å². The molecule has 5 rings (SSSR count). The van der Waals surface area contributed by atoms with E-state index in [9.17, 15) is 0 Å². The van der Waals surface area contributed by atoms with E-state index in [-0.39, 0.29) is 0 Å². The van der Waals surface area contributed by atoms with E-state index >= 15 is 0 Å². The van der Waals surface area contributed by atoms with E-state index in [1.54, 1.807) is 6.20 Å². The highest BCUT2D eigenvalue weighted by Crippen LogP contribution is 2.45. The van der Waals surface area contributed by atoms with Crippen LogP contribution in [0.1, 0.15) is 11.3 Å². The number of fused-ring (bicyclic) bond motifs is 5. The minimum absolute atomic E-state index is 0.295. The number of rotatable bonds is 2. The molecule has 2 fully saturated rings. The maximum absolute atomic E-state index is 5.99. The summed E-state index contributed by atoms with van der Waals surface area (Å²) in [6.45, 7) is 6.19. The quantitative estimate of drug-likeness (QED) is 0.796. The lowest BCUT2D eigenvalue weighted by molar-refractivity contribution is 0.100. The first-order valence-corrected chi connectivity index (χ1v) is 8.56. The number of anilines is 1. The SMILES string of the molecule is Cc1nc(-c2ccccn2)nc(N2CC3C4C=CC(O4)C3C2)c1C.